The highest BCUT2D eigenvalue weighted by Crippen LogP contribution is 2.47. The van der Waals surface area contributed by atoms with Gasteiger partial charge < -0.3 is 10.6 Å². The summed E-state index contributed by atoms with van der Waals surface area (Å²) in [6, 6.07) is 5.08. The molecule has 1 aromatic carbocycles. The van der Waals surface area contributed by atoms with Gasteiger partial charge in [-0.05, 0) is 43.9 Å². The number of hydrogen-bond acceptors (Lipinski definition) is 2. The Morgan fingerprint density at radius 1 is 1.04 bits per heavy atom. The first kappa shape index (κ1) is 16.6. The maximum Gasteiger partial charge on any atom is 0.240 e. The summed E-state index contributed by atoms with van der Waals surface area (Å²) in [5.74, 6) is -0.449. The number of benzene rings is 1. The van der Waals surface area contributed by atoms with E-state index in [0.29, 0.717) is 28.6 Å². The molecule has 2 N–H and O–H groups in total. The molecule has 0 atom stereocenters. The van der Waals surface area contributed by atoms with Gasteiger partial charge in [0, 0.05) is 11.1 Å². The number of nitrogens with one attached hydrogen (secondary N) is 2. The number of halogens is 2. The fourth-order valence-corrected chi connectivity index (χ4v) is 3.42. The van der Waals surface area contributed by atoms with Crippen LogP contribution in [0.4, 0.5) is 5.69 Å². The molecular weight excluding hydrogens is 335 g/mol. The third-order valence-electron chi connectivity index (χ3n) is 4.74. The highest BCUT2D eigenvalue weighted by Gasteiger charge is 2.56. The van der Waals surface area contributed by atoms with Gasteiger partial charge in [0.05, 0.1) is 10.7 Å². The van der Waals surface area contributed by atoms with Crippen molar-refractivity contribution in [3.63, 3.8) is 0 Å². The molecule has 3 rings (SSSR count). The summed E-state index contributed by atoms with van der Waals surface area (Å²) >= 11 is 12.0. The van der Waals surface area contributed by atoms with Crippen LogP contribution in [0.3, 0.4) is 0 Å². The normalized spacial score (nSPS) is 19.9. The lowest BCUT2D eigenvalue weighted by atomic mass is 9.94. The highest BCUT2D eigenvalue weighted by molar-refractivity contribution is 6.36. The quantitative estimate of drug-likeness (QED) is 0.797. The zero-order valence-corrected chi connectivity index (χ0v) is 14.3. The fraction of sp³-hybridized carbons (Fsp3) is 0.529. The van der Waals surface area contributed by atoms with Crippen molar-refractivity contribution >= 4 is 40.7 Å². The van der Waals surface area contributed by atoms with Gasteiger partial charge in [-0.1, -0.05) is 42.5 Å². The first-order chi connectivity index (χ1) is 11.0. The van der Waals surface area contributed by atoms with Crippen LogP contribution in [0.25, 0.3) is 0 Å². The van der Waals surface area contributed by atoms with E-state index >= 15 is 0 Å². The van der Waals surface area contributed by atoms with Gasteiger partial charge in [-0.3, -0.25) is 9.59 Å². The molecule has 2 amide bonds. The molecule has 2 aliphatic rings. The summed E-state index contributed by atoms with van der Waals surface area (Å²) in [6.07, 6.45) is 6.67. The van der Waals surface area contributed by atoms with Crippen LogP contribution in [0, 0.1) is 5.41 Å². The lowest BCUT2D eigenvalue weighted by Crippen LogP contribution is -2.45. The number of amides is 2. The van der Waals surface area contributed by atoms with E-state index in [1.165, 1.54) is 6.42 Å². The lowest BCUT2D eigenvalue weighted by Gasteiger charge is -2.25. The molecule has 2 saturated carbocycles. The van der Waals surface area contributed by atoms with Gasteiger partial charge in [0.25, 0.3) is 0 Å². The van der Waals surface area contributed by atoms with Crippen LogP contribution < -0.4 is 10.6 Å². The molecule has 1 aromatic rings. The minimum atomic E-state index is -0.941. The predicted octanol–water partition coefficient (Wildman–Crippen LogP) is 4.16. The Balaban J connectivity index is 1.66. The number of carbonyl (C=O) groups is 2. The first-order valence-electron chi connectivity index (χ1n) is 8.09. The Kier molecular flexibility index (Phi) is 4.83. The second kappa shape index (κ2) is 6.70. The van der Waals surface area contributed by atoms with Crippen LogP contribution >= 0.6 is 23.2 Å². The van der Waals surface area contributed by atoms with Crippen molar-refractivity contribution in [2.75, 3.05) is 5.32 Å². The molecule has 4 nitrogen and oxygen atoms in total. The van der Waals surface area contributed by atoms with Gasteiger partial charge in [-0.25, -0.2) is 0 Å². The molecule has 2 fully saturated rings. The molecule has 0 aliphatic heterocycles. The second-order valence-electron chi connectivity index (χ2n) is 6.47. The van der Waals surface area contributed by atoms with Crippen LogP contribution in [0.15, 0.2) is 18.2 Å². The average Bonchev–Trinajstić information content (AvgIpc) is 3.34. The van der Waals surface area contributed by atoms with Crippen LogP contribution in [-0.2, 0) is 9.59 Å². The van der Waals surface area contributed by atoms with Crippen LogP contribution in [0.1, 0.15) is 44.9 Å². The van der Waals surface area contributed by atoms with E-state index in [1.54, 1.807) is 18.2 Å². The van der Waals surface area contributed by atoms with Gasteiger partial charge in [0.15, 0.2) is 0 Å². The first-order valence-corrected chi connectivity index (χ1v) is 8.84. The maximum atomic E-state index is 12.6. The third-order valence-corrected chi connectivity index (χ3v) is 5.30. The molecular formula is C17H20Cl2N2O2. The van der Waals surface area contributed by atoms with E-state index in [-0.39, 0.29) is 17.9 Å². The molecule has 124 valence electrons. The summed E-state index contributed by atoms with van der Waals surface area (Å²) in [4.78, 5) is 25.1. The van der Waals surface area contributed by atoms with E-state index in [2.05, 4.69) is 10.6 Å². The molecule has 0 aromatic heterocycles. The van der Waals surface area contributed by atoms with E-state index < -0.39 is 5.41 Å². The zero-order chi connectivity index (χ0) is 16.4. The molecule has 0 heterocycles. The summed E-state index contributed by atoms with van der Waals surface area (Å²) < 4.78 is 0. The molecule has 0 bridgehead atoms. The van der Waals surface area contributed by atoms with Gasteiger partial charge >= 0.3 is 0 Å². The number of carbonyl (C=O) groups excluding carboxylic acids is 2. The molecule has 0 unspecified atom stereocenters. The van der Waals surface area contributed by atoms with Gasteiger partial charge in [0.1, 0.15) is 5.41 Å². The molecule has 23 heavy (non-hydrogen) atoms. The Bertz CT molecular complexity index is 623. The number of rotatable bonds is 4. The largest absolute Gasteiger partial charge is 0.352 e. The highest BCUT2D eigenvalue weighted by atomic mass is 35.5. The Labute approximate surface area is 145 Å². The average molecular weight is 355 g/mol. The van der Waals surface area contributed by atoms with Gasteiger partial charge in [-0.15, -0.1) is 0 Å². The number of anilines is 1. The minimum absolute atomic E-state index is 0.153. The summed E-state index contributed by atoms with van der Waals surface area (Å²) in [7, 11) is 0. The monoisotopic (exact) mass is 354 g/mol. The van der Waals surface area contributed by atoms with Crippen molar-refractivity contribution in [1.82, 2.24) is 5.32 Å². The number of hydrogen-bond donors (Lipinski definition) is 2. The summed E-state index contributed by atoms with van der Waals surface area (Å²) in [5, 5.41) is 6.71. The van der Waals surface area contributed by atoms with Crippen LogP contribution in [0.5, 0.6) is 0 Å². The van der Waals surface area contributed by atoms with Gasteiger partial charge in [-0.2, -0.15) is 0 Å². The predicted molar refractivity (Wildman–Crippen MR) is 91.8 cm³/mol. The second-order valence-corrected chi connectivity index (χ2v) is 7.31. The Hall–Kier alpha value is -1.26. The Morgan fingerprint density at radius 2 is 1.74 bits per heavy atom. The van der Waals surface area contributed by atoms with E-state index in [9.17, 15) is 9.59 Å². The van der Waals surface area contributed by atoms with Crippen molar-refractivity contribution in [3.8, 4) is 0 Å². The lowest BCUT2D eigenvalue weighted by molar-refractivity contribution is -0.135. The smallest absolute Gasteiger partial charge is 0.240 e. The maximum absolute atomic E-state index is 12.6. The van der Waals surface area contributed by atoms with Gasteiger partial charge in [0.2, 0.25) is 11.8 Å². The van der Waals surface area contributed by atoms with Crippen molar-refractivity contribution in [2.45, 2.75) is 51.0 Å². The minimum Gasteiger partial charge on any atom is -0.352 e. The topological polar surface area (TPSA) is 58.2 Å². The van der Waals surface area contributed by atoms with Crippen molar-refractivity contribution in [3.05, 3.63) is 28.2 Å². The zero-order valence-electron chi connectivity index (χ0n) is 12.8. The van der Waals surface area contributed by atoms with E-state index in [1.807, 2.05) is 0 Å². The van der Waals surface area contributed by atoms with Crippen molar-refractivity contribution in [2.24, 2.45) is 5.41 Å². The summed E-state index contributed by atoms with van der Waals surface area (Å²) in [5.41, 5.74) is -0.496. The SMILES string of the molecule is O=C(Nc1cc(Cl)ccc1Cl)C1(C(=O)NC2CCCCC2)CC1. The Morgan fingerprint density at radius 3 is 2.39 bits per heavy atom. The molecule has 0 spiro atoms. The van der Waals surface area contributed by atoms with Crippen molar-refractivity contribution < 1.29 is 9.59 Å². The molecule has 2 aliphatic carbocycles. The third kappa shape index (κ3) is 3.64. The van der Waals surface area contributed by atoms with Crippen LogP contribution in [-0.4, -0.2) is 17.9 Å². The standard InChI is InChI=1S/C17H20Cl2N2O2/c18-11-6-7-13(19)14(10-11)21-16(23)17(8-9-17)15(22)20-12-4-2-1-3-5-12/h6-7,10,12H,1-5,8-9H2,(H,20,22)(H,21,23). The van der Waals surface area contributed by atoms with E-state index in [4.69, 9.17) is 23.2 Å². The van der Waals surface area contributed by atoms with E-state index in [0.717, 1.165) is 25.7 Å². The van der Waals surface area contributed by atoms with Crippen molar-refractivity contribution in [1.29, 1.82) is 0 Å². The van der Waals surface area contributed by atoms with Crippen LogP contribution in [0.2, 0.25) is 10.0 Å². The fourth-order valence-electron chi connectivity index (χ4n) is 3.09. The summed E-state index contributed by atoms with van der Waals surface area (Å²) in [6.45, 7) is 0. The molecule has 0 saturated heterocycles. The molecule has 0 radical (unpaired) electrons. The molecule has 6 heteroatoms.